The molecule has 0 atom stereocenters. The van der Waals surface area contributed by atoms with Crippen LogP contribution < -0.4 is 10.1 Å². The van der Waals surface area contributed by atoms with Crippen LogP contribution in [-0.2, 0) is 14.9 Å². The Morgan fingerprint density at radius 3 is 2.46 bits per heavy atom. The van der Waals surface area contributed by atoms with E-state index in [1.165, 1.54) is 11.6 Å². The summed E-state index contributed by atoms with van der Waals surface area (Å²) >= 11 is 0. The van der Waals surface area contributed by atoms with Crippen molar-refractivity contribution in [2.45, 2.75) is 26.2 Å². The minimum atomic E-state index is -0.182. The molecule has 4 nitrogen and oxygen atoms in total. The molecule has 1 amide bonds. The molecule has 0 aliphatic heterocycles. The van der Waals surface area contributed by atoms with Crippen molar-refractivity contribution in [1.82, 2.24) is 0 Å². The van der Waals surface area contributed by atoms with Crippen LogP contribution in [0.1, 0.15) is 31.9 Å². The van der Waals surface area contributed by atoms with Crippen molar-refractivity contribution in [2.75, 3.05) is 25.6 Å². The number of carbonyl (C=O) groups excluding carboxylic acids is 1. The van der Waals surface area contributed by atoms with Crippen molar-refractivity contribution in [3.63, 3.8) is 0 Å². The van der Waals surface area contributed by atoms with Gasteiger partial charge in [0.25, 0.3) is 0 Å². The molecular weight excluding hydrogens is 326 g/mol. The maximum Gasteiger partial charge on any atom is 0.248 e. The Labute approximate surface area is 155 Å². The van der Waals surface area contributed by atoms with Crippen LogP contribution in [0.2, 0.25) is 0 Å². The number of carbonyl (C=O) groups is 1. The first-order chi connectivity index (χ1) is 12.4. The summed E-state index contributed by atoms with van der Waals surface area (Å²) in [4.78, 5) is 12.1. The first-order valence-electron chi connectivity index (χ1n) is 8.70. The smallest absolute Gasteiger partial charge is 0.248 e. The standard InChI is InChI=1S/C22H27NO3/c1-22(2,3)18-11-8-17(9-12-18)10-13-21(24)23-19-6-5-7-20(16-19)26-15-14-25-4/h5-13,16H,14-15H2,1-4H3,(H,23,24)/b13-10+. The molecule has 0 saturated carbocycles. The summed E-state index contributed by atoms with van der Waals surface area (Å²) in [5.74, 6) is 0.514. The van der Waals surface area contributed by atoms with Gasteiger partial charge in [0.15, 0.2) is 0 Å². The zero-order valence-corrected chi connectivity index (χ0v) is 15.9. The predicted molar refractivity (Wildman–Crippen MR) is 107 cm³/mol. The minimum Gasteiger partial charge on any atom is -0.491 e. The van der Waals surface area contributed by atoms with Crippen LogP contribution >= 0.6 is 0 Å². The Hall–Kier alpha value is -2.59. The second kappa shape index (κ2) is 9.20. The molecule has 0 radical (unpaired) electrons. The van der Waals surface area contributed by atoms with E-state index < -0.39 is 0 Å². The summed E-state index contributed by atoms with van der Waals surface area (Å²) < 4.78 is 10.5. The lowest BCUT2D eigenvalue weighted by Gasteiger charge is -2.18. The molecule has 1 N–H and O–H groups in total. The molecular formula is C22H27NO3. The zero-order chi connectivity index (χ0) is 19.0. The van der Waals surface area contributed by atoms with E-state index in [-0.39, 0.29) is 11.3 Å². The van der Waals surface area contributed by atoms with Gasteiger partial charge in [0.1, 0.15) is 12.4 Å². The van der Waals surface area contributed by atoms with Crippen LogP contribution in [0.3, 0.4) is 0 Å². The average Bonchev–Trinajstić information content (AvgIpc) is 2.60. The first-order valence-corrected chi connectivity index (χ1v) is 8.70. The normalized spacial score (nSPS) is 11.5. The summed E-state index contributed by atoms with van der Waals surface area (Å²) in [5, 5.41) is 2.84. The Kier molecular flexibility index (Phi) is 6.98. The lowest BCUT2D eigenvalue weighted by atomic mass is 9.87. The van der Waals surface area contributed by atoms with Crippen molar-refractivity contribution in [3.8, 4) is 5.75 Å². The van der Waals surface area contributed by atoms with Gasteiger partial charge in [-0.15, -0.1) is 0 Å². The number of hydrogen-bond acceptors (Lipinski definition) is 3. The predicted octanol–water partition coefficient (Wildman–Crippen LogP) is 4.66. The number of anilines is 1. The van der Waals surface area contributed by atoms with E-state index in [9.17, 15) is 4.79 Å². The van der Waals surface area contributed by atoms with E-state index in [1.54, 1.807) is 19.3 Å². The number of amides is 1. The van der Waals surface area contributed by atoms with Gasteiger partial charge in [-0.25, -0.2) is 0 Å². The molecule has 0 aliphatic rings. The van der Waals surface area contributed by atoms with Crippen LogP contribution in [0.4, 0.5) is 5.69 Å². The largest absolute Gasteiger partial charge is 0.491 e. The van der Waals surface area contributed by atoms with Crippen LogP contribution in [0.5, 0.6) is 5.75 Å². The third-order valence-electron chi connectivity index (χ3n) is 3.86. The Balaban J connectivity index is 1.93. The van der Waals surface area contributed by atoms with Gasteiger partial charge in [0, 0.05) is 24.9 Å². The van der Waals surface area contributed by atoms with Gasteiger partial charge in [-0.2, -0.15) is 0 Å². The molecule has 0 saturated heterocycles. The summed E-state index contributed by atoms with van der Waals surface area (Å²) in [5.41, 5.74) is 3.07. The van der Waals surface area contributed by atoms with Crippen molar-refractivity contribution < 1.29 is 14.3 Å². The Morgan fingerprint density at radius 1 is 1.08 bits per heavy atom. The third kappa shape index (κ3) is 6.37. The molecule has 138 valence electrons. The van der Waals surface area contributed by atoms with Crippen LogP contribution in [0.15, 0.2) is 54.6 Å². The van der Waals surface area contributed by atoms with Gasteiger partial charge in [0.2, 0.25) is 5.91 Å². The van der Waals surface area contributed by atoms with Crippen LogP contribution in [0, 0.1) is 0 Å². The molecule has 0 unspecified atom stereocenters. The fourth-order valence-electron chi connectivity index (χ4n) is 2.36. The maximum absolute atomic E-state index is 12.1. The van der Waals surface area contributed by atoms with E-state index in [0.717, 1.165) is 5.56 Å². The molecule has 0 aromatic heterocycles. The van der Waals surface area contributed by atoms with Crippen LogP contribution in [0.25, 0.3) is 6.08 Å². The topological polar surface area (TPSA) is 47.6 Å². The van der Waals surface area contributed by atoms with E-state index in [2.05, 4.69) is 38.2 Å². The van der Waals surface area contributed by atoms with Gasteiger partial charge in [-0.05, 0) is 34.8 Å². The number of nitrogens with one attached hydrogen (secondary N) is 1. The molecule has 0 aliphatic carbocycles. The molecule has 26 heavy (non-hydrogen) atoms. The number of rotatable bonds is 7. The number of ether oxygens (including phenoxy) is 2. The van der Waals surface area contributed by atoms with Gasteiger partial charge < -0.3 is 14.8 Å². The number of benzene rings is 2. The molecule has 0 spiro atoms. The number of methoxy groups -OCH3 is 1. The summed E-state index contributed by atoms with van der Waals surface area (Å²) in [6, 6.07) is 15.5. The minimum absolute atomic E-state index is 0.121. The summed E-state index contributed by atoms with van der Waals surface area (Å²) in [6.45, 7) is 7.53. The highest BCUT2D eigenvalue weighted by molar-refractivity contribution is 6.02. The fourth-order valence-corrected chi connectivity index (χ4v) is 2.36. The van der Waals surface area contributed by atoms with Crippen molar-refractivity contribution in [2.24, 2.45) is 0 Å². The molecule has 4 heteroatoms. The lowest BCUT2D eigenvalue weighted by molar-refractivity contribution is -0.111. The van der Waals surface area contributed by atoms with E-state index in [4.69, 9.17) is 9.47 Å². The third-order valence-corrected chi connectivity index (χ3v) is 3.86. The van der Waals surface area contributed by atoms with E-state index in [0.29, 0.717) is 24.7 Å². The lowest BCUT2D eigenvalue weighted by Crippen LogP contribution is -2.10. The van der Waals surface area contributed by atoms with Crippen molar-refractivity contribution in [1.29, 1.82) is 0 Å². The molecule has 2 rings (SSSR count). The molecule has 2 aromatic rings. The highest BCUT2D eigenvalue weighted by atomic mass is 16.5. The van der Waals surface area contributed by atoms with Crippen LogP contribution in [-0.4, -0.2) is 26.2 Å². The maximum atomic E-state index is 12.1. The molecule has 0 heterocycles. The van der Waals surface area contributed by atoms with Gasteiger partial charge >= 0.3 is 0 Å². The molecule has 0 bridgehead atoms. The SMILES string of the molecule is COCCOc1cccc(NC(=O)/C=C/c2ccc(C(C)(C)C)cc2)c1. The van der Waals surface area contributed by atoms with E-state index >= 15 is 0 Å². The molecule has 2 aromatic carbocycles. The first kappa shape index (κ1) is 19.7. The number of hydrogen-bond donors (Lipinski definition) is 1. The van der Waals surface area contributed by atoms with Gasteiger partial charge in [-0.1, -0.05) is 51.1 Å². The second-order valence-electron chi connectivity index (χ2n) is 7.06. The van der Waals surface area contributed by atoms with Crippen molar-refractivity contribution in [3.05, 3.63) is 65.7 Å². The summed E-state index contributed by atoms with van der Waals surface area (Å²) in [6.07, 6.45) is 3.34. The highest BCUT2D eigenvalue weighted by Gasteiger charge is 2.12. The Bertz CT molecular complexity index is 743. The highest BCUT2D eigenvalue weighted by Crippen LogP contribution is 2.22. The van der Waals surface area contributed by atoms with Gasteiger partial charge in [-0.3, -0.25) is 4.79 Å². The van der Waals surface area contributed by atoms with E-state index in [1.807, 2.05) is 30.3 Å². The second-order valence-corrected chi connectivity index (χ2v) is 7.06. The van der Waals surface area contributed by atoms with Crippen molar-refractivity contribution >= 4 is 17.7 Å². The van der Waals surface area contributed by atoms with Gasteiger partial charge in [0.05, 0.1) is 6.61 Å². The quantitative estimate of drug-likeness (QED) is 0.582. The average molecular weight is 353 g/mol. The zero-order valence-electron chi connectivity index (χ0n) is 15.9. The fraction of sp³-hybridized carbons (Fsp3) is 0.318. The monoisotopic (exact) mass is 353 g/mol. The summed E-state index contributed by atoms with van der Waals surface area (Å²) in [7, 11) is 1.63. The molecule has 0 fully saturated rings. The Morgan fingerprint density at radius 2 is 1.81 bits per heavy atom.